The minimum atomic E-state index is -3.73. The van der Waals surface area contributed by atoms with Gasteiger partial charge in [-0.2, -0.15) is 0 Å². The van der Waals surface area contributed by atoms with E-state index in [0.717, 1.165) is 0 Å². The molecule has 0 bridgehead atoms. The molecule has 0 heterocycles. The van der Waals surface area contributed by atoms with Gasteiger partial charge in [0.2, 0.25) is 0 Å². The van der Waals surface area contributed by atoms with Crippen LogP contribution in [0.4, 0.5) is 0 Å². The number of rotatable bonds is 10. The first-order valence-corrected chi connectivity index (χ1v) is 6.77. The van der Waals surface area contributed by atoms with Crippen LogP contribution in [0.25, 0.3) is 0 Å². The van der Waals surface area contributed by atoms with E-state index in [9.17, 15) is 5.11 Å². The smallest absolute Gasteiger partial charge is 0.160 e. The third-order valence-corrected chi connectivity index (χ3v) is 2.55. The van der Waals surface area contributed by atoms with Crippen molar-refractivity contribution in [1.82, 2.24) is 0 Å². The molecule has 0 aromatic heterocycles. The fourth-order valence-electron chi connectivity index (χ4n) is 1.49. The Balaban J connectivity index is 2.64. The molecule has 0 radical (unpaired) electrons. The highest BCUT2D eigenvalue weighted by molar-refractivity contribution is 5.42. The lowest BCUT2D eigenvalue weighted by Crippen LogP contribution is -2.17. The molecule has 136 valence electrons. The molecule has 0 saturated heterocycles. The highest BCUT2D eigenvalue weighted by atomic mass is 16.5. The molecular weight excluding hydrogens is 316 g/mol. The Morgan fingerprint density at radius 1 is 1.16 bits per heavy atom. The summed E-state index contributed by atoms with van der Waals surface area (Å²) >= 11 is 0. The van der Waals surface area contributed by atoms with Gasteiger partial charge in [0.15, 0.2) is 11.5 Å². The standard InChI is InChI=1S/C21H28O4/c1-16-7-6-10-19(13-16)25-15-18(22)9-5-4-8-17-11-12-20(23-2)21(14-17)24-3/h6-7,10-14,18,22H,4-5,8-9,15H2,1-3H3/i2D3,3D3,4D2,6D,7D,8D2,9D2,10D,11D,12D,13D,14D,15D2. The first-order valence-electron chi connectivity index (χ1n) is 17.3. The monoisotopic (exact) mass is 365 g/mol. The van der Waals surface area contributed by atoms with Crippen molar-refractivity contribution in [1.29, 1.82) is 0 Å². The Labute approximate surface area is 179 Å². The Morgan fingerprint density at radius 2 is 2.00 bits per heavy atom. The van der Waals surface area contributed by atoms with Crippen LogP contribution in [-0.4, -0.2) is 31.8 Å². The molecule has 4 nitrogen and oxygen atoms in total. The van der Waals surface area contributed by atoms with Crippen LogP contribution in [0.15, 0.2) is 42.3 Å². The summed E-state index contributed by atoms with van der Waals surface area (Å²) in [6, 6.07) is -7.11. The number of aliphatic hydroxyl groups is 1. The van der Waals surface area contributed by atoms with Crippen LogP contribution in [0.3, 0.4) is 0 Å². The van der Waals surface area contributed by atoms with E-state index in [1.165, 1.54) is 6.92 Å². The van der Waals surface area contributed by atoms with E-state index in [0.29, 0.717) is 0 Å². The molecule has 0 aliphatic heterocycles. The molecule has 1 unspecified atom stereocenters. The van der Waals surface area contributed by atoms with Crippen LogP contribution in [0.1, 0.15) is 59.1 Å². The second-order valence-electron chi connectivity index (χ2n) is 4.37. The lowest BCUT2D eigenvalue weighted by Gasteiger charge is -2.13. The minimum absolute atomic E-state index is 0.211. The van der Waals surface area contributed by atoms with Crippen LogP contribution in [0.2, 0.25) is 0 Å². The summed E-state index contributed by atoms with van der Waals surface area (Å²) in [7, 11) is -6.83. The minimum Gasteiger partial charge on any atom is -0.493 e. The van der Waals surface area contributed by atoms with Gasteiger partial charge in [0.25, 0.3) is 0 Å². The molecule has 0 aliphatic rings. The van der Waals surface area contributed by atoms with Crippen LogP contribution in [0.5, 0.6) is 17.2 Å². The van der Waals surface area contributed by atoms with Gasteiger partial charge in [0, 0.05) is 8.22 Å². The van der Waals surface area contributed by atoms with E-state index in [-0.39, 0.29) is 5.56 Å². The van der Waals surface area contributed by atoms with Crippen molar-refractivity contribution in [2.75, 3.05) is 20.6 Å². The molecule has 4 heteroatoms. The van der Waals surface area contributed by atoms with Gasteiger partial charge in [0.05, 0.1) is 40.7 Å². The predicted molar refractivity (Wildman–Crippen MR) is 99.8 cm³/mol. The second kappa shape index (κ2) is 9.94. The van der Waals surface area contributed by atoms with Gasteiger partial charge < -0.3 is 19.3 Å². The third-order valence-electron chi connectivity index (χ3n) is 2.55. The first kappa shape index (κ1) is 5.40. The zero-order valence-electron chi connectivity index (χ0n) is 34.0. The zero-order valence-corrected chi connectivity index (χ0v) is 13.0. The van der Waals surface area contributed by atoms with Crippen LogP contribution in [-0.2, 0) is 6.37 Å². The summed E-state index contributed by atoms with van der Waals surface area (Å²) in [4.78, 5) is 0. The van der Waals surface area contributed by atoms with Gasteiger partial charge in [-0.25, -0.2) is 0 Å². The Morgan fingerprint density at radius 3 is 2.84 bits per heavy atom. The van der Waals surface area contributed by atoms with Gasteiger partial charge in [-0.1, -0.05) is 24.5 Å². The van der Waals surface area contributed by atoms with Crippen molar-refractivity contribution in [2.24, 2.45) is 0 Å². The Kier molecular flexibility index (Phi) is 2.15. The van der Waals surface area contributed by atoms with E-state index in [1.54, 1.807) is 0 Å². The zero-order chi connectivity index (χ0) is 36.3. The van der Waals surface area contributed by atoms with Crippen LogP contribution < -0.4 is 14.2 Å². The summed E-state index contributed by atoms with van der Waals surface area (Å²) in [6.07, 6.45) is -15.6. The van der Waals surface area contributed by atoms with E-state index >= 15 is 0 Å². The molecule has 2 aromatic rings. The van der Waals surface area contributed by atoms with Crippen molar-refractivity contribution in [3.63, 3.8) is 0 Å². The average molecular weight is 366 g/mol. The Bertz CT molecular complexity index is 1450. The van der Waals surface area contributed by atoms with Crippen LogP contribution >= 0.6 is 0 Å². The summed E-state index contributed by atoms with van der Waals surface area (Å²) in [6.45, 7) is -2.39. The quantitative estimate of drug-likeness (QED) is 0.687. The number of methoxy groups -OCH3 is 2. The summed E-state index contributed by atoms with van der Waals surface area (Å²) in [5, 5.41) is 10.7. The van der Waals surface area contributed by atoms with E-state index in [4.69, 9.17) is 33.5 Å². The molecular formula is C21H28O4. The van der Waals surface area contributed by atoms with Gasteiger partial charge in [-0.05, 0) is 61.3 Å². The maximum absolute atomic E-state index is 10.7. The fraction of sp³-hybridized carbons (Fsp3) is 0.429. The summed E-state index contributed by atoms with van der Waals surface area (Å²) in [5.41, 5.74) is -1.60. The molecule has 1 atom stereocenters. The van der Waals surface area contributed by atoms with Gasteiger partial charge in [0.1, 0.15) is 12.3 Å². The molecule has 1 N–H and O–H groups in total. The number of hydrogen-bond acceptors (Lipinski definition) is 4. The molecule has 0 aliphatic carbocycles. The SMILES string of the molecule is [2H]c1c([2H])c(C)c([2H])c(OC([2H])([2H])C(O)C([2H])([2H])CC([2H])([2H])C([2H])([2H])c2c([2H])c([2H])c(OC([2H])([2H])[2H])c(OC([2H])([2H])[2H])c2[2H])c1[2H]. The van der Waals surface area contributed by atoms with Crippen LogP contribution in [0, 0.1) is 6.92 Å². The molecule has 0 spiro atoms. The molecule has 25 heavy (non-hydrogen) atoms. The fourth-order valence-corrected chi connectivity index (χ4v) is 1.49. The van der Waals surface area contributed by atoms with E-state index < -0.39 is 117 Å². The van der Waals surface area contributed by atoms with E-state index in [1.807, 2.05) is 0 Å². The second-order valence-corrected chi connectivity index (χ2v) is 4.37. The molecule has 0 fully saturated rings. The van der Waals surface area contributed by atoms with Crippen molar-refractivity contribution >= 4 is 0 Å². The maximum atomic E-state index is 10.7. The van der Waals surface area contributed by atoms with Crippen molar-refractivity contribution in [3.8, 4) is 17.2 Å². The number of benzene rings is 2. The molecule has 0 amide bonds. The maximum Gasteiger partial charge on any atom is 0.160 e. The lowest BCUT2D eigenvalue weighted by molar-refractivity contribution is 0.0976. The van der Waals surface area contributed by atoms with Gasteiger partial charge in [-0.15, -0.1) is 0 Å². The van der Waals surface area contributed by atoms with Gasteiger partial charge >= 0.3 is 0 Å². The molecule has 2 aromatic carbocycles. The third kappa shape index (κ3) is 6.31. The molecule has 2 rings (SSSR count). The molecule has 0 saturated carbocycles. The average Bonchev–Trinajstić information content (AvgIpc) is 2.87. The van der Waals surface area contributed by atoms with Crippen molar-refractivity contribution in [2.45, 2.75) is 38.6 Å². The van der Waals surface area contributed by atoms with Gasteiger partial charge in [-0.3, -0.25) is 0 Å². The largest absolute Gasteiger partial charge is 0.493 e. The topological polar surface area (TPSA) is 47.9 Å². The number of aliphatic hydroxyl groups excluding tert-OH is 1. The highest BCUT2D eigenvalue weighted by Gasteiger charge is 2.07. The number of hydrogen-bond donors (Lipinski definition) is 1. The van der Waals surface area contributed by atoms with Crippen molar-refractivity contribution in [3.05, 3.63) is 53.4 Å². The number of ether oxygens (including phenoxy) is 3. The highest BCUT2D eigenvalue weighted by Crippen LogP contribution is 2.28. The summed E-state index contributed by atoms with van der Waals surface area (Å²) < 4.78 is 180. The lowest BCUT2D eigenvalue weighted by atomic mass is 10.0. The van der Waals surface area contributed by atoms with Crippen molar-refractivity contribution < 1.29 is 48.1 Å². The normalized spacial score (nSPS) is 27.4. The first-order chi connectivity index (χ1) is 20.3. The predicted octanol–water partition coefficient (Wildman–Crippen LogP) is 4.16. The summed E-state index contributed by atoms with van der Waals surface area (Å²) in [5.74, 6) is -3.58. The Hall–Kier alpha value is -2.20. The van der Waals surface area contributed by atoms with E-state index in [2.05, 4.69) is 9.47 Å².